The third-order valence-electron chi connectivity index (χ3n) is 5.02. The standard InChI is InChI=1S/C20H28N4O5S/c1-13(2)16-8-7-14(3)10-17(16)21-20-22-18(12-29-20)19(25)23-30(26,27)24-9-5-6-15(24)11-28-4/h7-8,10,12-13,15H,5-6,9,11H2,1-4H3,(H,21,22)(H,23,25)/t15-/m0/s1. The number of benzene rings is 1. The molecule has 1 saturated heterocycles. The highest BCUT2D eigenvalue weighted by Crippen LogP contribution is 2.28. The Morgan fingerprint density at radius 2 is 2.17 bits per heavy atom. The molecule has 1 amide bonds. The lowest BCUT2D eigenvalue weighted by atomic mass is 9.99. The van der Waals surface area contributed by atoms with E-state index in [9.17, 15) is 13.2 Å². The Hall–Kier alpha value is -2.43. The largest absolute Gasteiger partial charge is 0.431 e. The minimum Gasteiger partial charge on any atom is -0.431 e. The highest BCUT2D eigenvalue weighted by atomic mass is 32.2. The first-order valence-corrected chi connectivity index (χ1v) is 11.3. The minimum absolute atomic E-state index is 0.114. The van der Waals surface area contributed by atoms with Crippen LogP contribution in [0.4, 0.5) is 11.7 Å². The molecule has 2 N–H and O–H groups in total. The average Bonchev–Trinajstić information content (AvgIpc) is 3.31. The molecule has 0 bridgehead atoms. The summed E-state index contributed by atoms with van der Waals surface area (Å²) in [7, 11) is -2.48. The Morgan fingerprint density at radius 1 is 1.40 bits per heavy atom. The molecule has 0 aliphatic carbocycles. The molecule has 1 aliphatic heterocycles. The van der Waals surface area contributed by atoms with E-state index in [4.69, 9.17) is 9.15 Å². The van der Waals surface area contributed by atoms with E-state index in [1.54, 1.807) is 0 Å². The highest BCUT2D eigenvalue weighted by Gasteiger charge is 2.35. The number of nitrogens with one attached hydrogen (secondary N) is 2. The summed E-state index contributed by atoms with van der Waals surface area (Å²) in [4.78, 5) is 16.6. The molecule has 0 saturated carbocycles. The van der Waals surface area contributed by atoms with Gasteiger partial charge in [0, 0.05) is 25.4 Å². The van der Waals surface area contributed by atoms with Gasteiger partial charge in [0.15, 0.2) is 5.69 Å². The van der Waals surface area contributed by atoms with E-state index in [1.807, 2.05) is 25.1 Å². The number of aryl methyl sites for hydroxylation is 1. The van der Waals surface area contributed by atoms with Gasteiger partial charge >= 0.3 is 10.2 Å². The molecule has 164 valence electrons. The molecule has 0 spiro atoms. The van der Waals surface area contributed by atoms with E-state index < -0.39 is 16.1 Å². The van der Waals surface area contributed by atoms with Gasteiger partial charge < -0.3 is 14.5 Å². The van der Waals surface area contributed by atoms with Crippen molar-refractivity contribution in [1.29, 1.82) is 0 Å². The zero-order valence-corrected chi connectivity index (χ0v) is 18.5. The fourth-order valence-corrected chi connectivity index (χ4v) is 4.93. The summed E-state index contributed by atoms with van der Waals surface area (Å²) < 4.78 is 39.0. The zero-order chi connectivity index (χ0) is 21.9. The van der Waals surface area contributed by atoms with Crippen LogP contribution in [0.2, 0.25) is 0 Å². The molecule has 2 aromatic rings. The van der Waals surface area contributed by atoms with Crippen molar-refractivity contribution in [3.63, 3.8) is 0 Å². The summed E-state index contributed by atoms with van der Waals surface area (Å²) in [5, 5.41) is 3.08. The number of carbonyl (C=O) groups is 1. The smallest absolute Gasteiger partial charge is 0.304 e. The van der Waals surface area contributed by atoms with Crippen LogP contribution in [0.5, 0.6) is 0 Å². The predicted molar refractivity (Wildman–Crippen MR) is 113 cm³/mol. The van der Waals surface area contributed by atoms with Gasteiger partial charge in [0.2, 0.25) is 0 Å². The molecule has 3 rings (SSSR count). The van der Waals surface area contributed by atoms with Crippen LogP contribution in [0, 0.1) is 6.92 Å². The molecule has 30 heavy (non-hydrogen) atoms. The second-order valence-electron chi connectivity index (χ2n) is 7.71. The molecule has 2 heterocycles. The number of nitrogens with zero attached hydrogens (tertiary/aromatic N) is 2. The number of anilines is 2. The van der Waals surface area contributed by atoms with Crippen molar-refractivity contribution in [2.75, 3.05) is 25.6 Å². The summed E-state index contributed by atoms with van der Waals surface area (Å²) in [6.07, 6.45) is 2.54. The van der Waals surface area contributed by atoms with Gasteiger partial charge in [-0.05, 0) is 42.9 Å². The quantitative estimate of drug-likeness (QED) is 0.654. The first kappa shape index (κ1) is 22.3. The van der Waals surface area contributed by atoms with Crippen molar-refractivity contribution < 1.29 is 22.4 Å². The van der Waals surface area contributed by atoms with Gasteiger partial charge in [0.05, 0.1) is 6.61 Å². The van der Waals surface area contributed by atoms with Crippen LogP contribution < -0.4 is 10.0 Å². The van der Waals surface area contributed by atoms with Crippen molar-refractivity contribution in [2.45, 2.75) is 45.6 Å². The number of carbonyl (C=O) groups excluding carboxylic acids is 1. The van der Waals surface area contributed by atoms with Crippen LogP contribution in [-0.4, -0.2) is 49.9 Å². The van der Waals surface area contributed by atoms with Crippen molar-refractivity contribution in [3.05, 3.63) is 41.3 Å². The maximum absolute atomic E-state index is 12.6. The fraction of sp³-hybridized carbons (Fsp3) is 0.500. The molecular weight excluding hydrogens is 408 g/mol. The topological polar surface area (TPSA) is 114 Å². The van der Waals surface area contributed by atoms with Gasteiger partial charge in [-0.25, -0.2) is 4.72 Å². The van der Waals surface area contributed by atoms with Crippen molar-refractivity contribution >= 4 is 27.8 Å². The first-order valence-electron chi connectivity index (χ1n) is 9.87. The first-order chi connectivity index (χ1) is 14.2. The number of rotatable bonds is 8. The van der Waals surface area contributed by atoms with Gasteiger partial charge in [-0.15, -0.1) is 0 Å². The normalized spacial score (nSPS) is 17.4. The number of methoxy groups -OCH3 is 1. The van der Waals surface area contributed by atoms with Gasteiger partial charge in [0.25, 0.3) is 11.9 Å². The van der Waals surface area contributed by atoms with E-state index in [0.717, 1.165) is 29.5 Å². The zero-order valence-electron chi connectivity index (χ0n) is 17.6. The van der Waals surface area contributed by atoms with Crippen LogP contribution >= 0.6 is 0 Å². The molecule has 1 aromatic heterocycles. The number of oxazole rings is 1. The van der Waals surface area contributed by atoms with E-state index in [-0.39, 0.29) is 30.3 Å². The highest BCUT2D eigenvalue weighted by molar-refractivity contribution is 7.87. The van der Waals surface area contributed by atoms with Gasteiger partial charge in [-0.2, -0.15) is 17.7 Å². The lowest BCUT2D eigenvalue weighted by Gasteiger charge is -2.23. The Balaban J connectivity index is 1.72. The molecule has 1 atom stereocenters. The van der Waals surface area contributed by atoms with Crippen molar-refractivity contribution in [3.8, 4) is 0 Å². The average molecular weight is 437 g/mol. The summed E-state index contributed by atoms with van der Waals surface area (Å²) in [5.74, 6) is -0.570. The van der Waals surface area contributed by atoms with E-state index in [0.29, 0.717) is 13.0 Å². The minimum atomic E-state index is -4.00. The van der Waals surface area contributed by atoms with Crippen molar-refractivity contribution in [1.82, 2.24) is 14.0 Å². The summed E-state index contributed by atoms with van der Waals surface area (Å²) in [6.45, 7) is 6.74. The number of hydrogen-bond acceptors (Lipinski definition) is 7. The lowest BCUT2D eigenvalue weighted by molar-refractivity contribution is 0.0971. The Bertz CT molecular complexity index is 1000. The predicted octanol–water partition coefficient (Wildman–Crippen LogP) is 2.94. The molecule has 9 nitrogen and oxygen atoms in total. The molecule has 1 aromatic carbocycles. The van der Waals surface area contributed by atoms with Crippen LogP contribution in [0.25, 0.3) is 0 Å². The molecule has 0 unspecified atom stereocenters. The monoisotopic (exact) mass is 436 g/mol. The Labute approximate surface area is 177 Å². The SMILES string of the molecule is COC[C@@H]1CCCN1S(=O)(=O)NC(=O)c1coc(Nc2cc(C)ccc2C(C)C)n1. The molecule has 10 heteroatoms. The third-order valence-corrected chi connectivity index (χ3v) is 6.56. The van der Waals surface area contributed by atoms with E-state index in [2.05, 4.69) is 28.9 Å². The maximum atomic E-state index is 12.6. The van der Waals surface area contributed by atoms with Gasteiger partial charge in [-0.1, -0.05) is 26.0 Å². The lowest BCUT2D eigenvalue weighted by Crippen LogP contribution is -2.47. The van der Waals surface area contributed by atoms with Crippen LogP contribution in [0.1, 0.15) is 54.2 Å². The number of amides is 1. The van der Waals surface area contributed by atoms with Gasteiger partial charge in [0.1, 0.15) is 6.26 Å². The van der Waals surface area contributed by atoms with Crippen molar-refractivity contribution in [2.24, 2.45) is 0 Å². The summed E-state index contributed by atoms with van der Waals surface area (Å²) >= 11 is 0. The molecule has 0 radical (unpaired) electrons. The Morgan fingerprint density at radius 3 is 2.87 bits per heavy atom. The summed E-state index contributed by atoms with van der Waals surface area (Å²) in [6, 6.07) is 5.84. The van der Waals surface area contributed by atoms with Crippen LogP contribution in [-0.2, 0) is 14.9 Å². The van der Waals surface area contributed by atoms with E-state index >= 15 is 0 Å². The van der Waals surface area contributed by atoms with E-state index in [1.165, 1.54) is 11.4 Å². The second-order valence-corrected chi connectivity index (χ2v) is 9.33. The number of ether oxygens (including phenoxy) is 1. The molecule has 1 fully saturated rings. The van der Waals surface area contributed by atoms with Crippen LogP contribution in [0.3, 0.4) is 0 Å². The summed E-state index contributed by atoms with van der Waals surface area (Å²) in [5.41, 5.74) is 2.84. The molecule has 1 aliphatic rings. The third kappa shape index (κ3) is 5.00. The van der Waals surface area contributed by atoms with Crippen LogP contribution in [0.15, 0.2) is 28.9 Å². The van der Waals surface area contributed by atoms with Gasteiger partial charge in [-0.3, -0.25) is 4.79 Å². The second kappa shape index (κ2) is 9.15. The number of hydrogen-bond donors (Lipinski definition) is 2. The molecular formula is C20H28N4O5S. The fourth-order valence-electron chi connectivity index (χ4n) is 3.55. The number of aromatic nitrogens is 1. The Kier molecular flexibility index (Phi) is 6.79. The maximum Gasteiger partial charge on any atom is 0.304 e.